The molecular formula is C14H21N3O2. The average Bonchev–Trinajstić information content (AvgIpc) is 2.41. The highest BCUT2D eigenvalue weighted by atomic mass is 16.4. The summed E-state index contributed by atoms with van der Waals surface area (Å²) in [6.45, 7) is 5.32. The van der Waals surface area contributed by atoms with Gasteiger partial charge in [-0.3, -0.25) is 0 Å². The molecule has 0 aliphatic carbocycles. The molecule has 4 N–H and O–H groups in total. The van der Waals surface area contributed by atoms with Crippen LogP contribution in [0.3, 0.4) is 0 Å². The monoisotopic (exact) mass is 263 g/mol. The molecule has 19 heavy (non-hydrogen) atoms. The highest BCUT2D eigenvalue weighted by Gasteiger charge is 2.19. The van der Waals surface area contributed by atoms with Crippen LogP contribution in [0.25, 0.3) is 0 Å². The summed E-state index contributed by atoms with van der Waals surface area (Å²) in [5.41, 5.74) is 7.49. The molecule has 0 saturated carbocycles. The van der Waals surface area contributed by atoms with Gasteiger partial charge in [0.05, 0.1) is 16.9 Å². The van der Waals surface area contributed by atoms with Gasteiger partial charge in [0.25, 0.3) is 0 Å². The Kier molecular flexibility index (Phi) is 4.27. The summed E-state index contributed by atoms with van der Waals surface area (Å²) in [5, 5.41) is 12.4. The summed E-state index contributed by atoms with van der Waals surface area (Å²) in [4.78, 5) is 13.4. The number of carbonyl (C=O) groups is 1. The van der Waals surface area contributed by atoms with Gasteiger partial charge in [0.15, 0.2) is 0 Å². The zero-order chi connectivity index (χ0) is 13.8. The van der Waals surface area contributed by atoms with Gasteiger partial charge in [0.1, 0.15) is 0 Å². The van der Waals surface area contributed by atoms with E-state index in [0.717, 1.165) is 38.2 Å². The van der Waals surface area contributed by atoms with E-state index in [4.69, 9.17) is 10.8 Å². The second-order valence-corrected chi connectivity index (χ2v) is 4.98. The normalized spacial score (nSPS) is 20.2. The van der Waals surface area contributed by atoms with E-state index in [2.05, 4.69) is 17.1 Å². The Morgan fingerprint density at radius 1 is 1.58 bits per heavy atom. The number of carboxylic acid groups (broad SMARTS) is 1. The maximum atomic E-state index is 11.0. The maximum Gasteiger partial charge on any atom is 0.335 e. The van der Waals surface area contributed by atoms with Crippen LogP contribution in [0.4, 0.5) is 11.4 Å². The molecule has 1 aromatic carbocycles. The molecule has 1 aromatic rings. The minimum absolute atomic E-state index is 0.264. The van der Waals surface area contributed by atoms with Crippen LogP contribution >= 0.6 is 0 Å². The fourth-order valence-electron chi connectivity index (χ4n) is 2.49. The molecule has 2 rings (SSSR count). The smallest absolute Gasteiger partial charge is 0.335 e. The van der Waals surface area contributed by atoms with E-state index in [9.17, 15) is 4.79 Å². The Morgan fingerprint density at radius 3 is 3.05 bits per heavy atom. The van der Waals surface area contributed by atoms with Gasteiger partial charge < -0.3 is 21.1 Å². The first kappa shape index (κ1) is 13.7. The summed E-state index contributed by atoms with van der Waals surface area (Å²) in [7, 11) is 0. The van der Waals surface area contributed by atoms with Crippen LogP contribution in [0, 0.1) is 0 Å². The van der Waals surface area contributed by atoms with Gasteiger partial charge in [-0.05, 0) is 44.1 Å². The Morgan fingerprint density at radius 2 is 2.37 bits per heavy atom. The number of hydrogen-bond acceptors (Lipinski definition) is 4. The fourth-order valence-corrected chi connectivity index (χ4v) is 2.49. The molecule has 0 spiro atoms. The second-order valence-electron chi connectivity index (χ2n) is 4.98. The van der Waals surface area contributed by atoms with Gasteiger partial charge in [-0.15, -0.1) is 0 Å². The number of rotatable bonds is 4. The van der Waals surface area contributed by atoms with E-state index < -0.39 is 5.97 Å². The average molecular weight is 263 g/mol. The Hall–Kier alpha value is -1.75. The minimum Gasteiger partial charge on any atom is -0.478 e. The van der Waals surface area contributed by atoms with Gasteiger partial charge in [0.2, 0.25) is 0 Å². The van der Waals surface area contributed by atoms with Gasteiger partial charge in [0, 0.05) is 12.6 Å². The number of nitrogens with zero attached hydrogens (tertiary/aromatic N) is 1. The van der Waals surface area contributed by atoms with Crippen LogP contribution in [0.5, 0.6) is 0 Å². The Balaban J connectivity index is 2.09. The van der Waals surface area contributed by atoms with Crippen LogP contribution in [0.2, 0.25) is 0 Å². The molecule has 0 radical (unpaired) electrons. The van der Waals surface area contributed by atoms with Gasteiger partial charge >= 0.3 is 5.97 Å². The van der Waals surface area contributed by atoms with E-state index in [1.54, 1.807) is 12.1 Å². The number of piperidine rings is 1. The van der Waals surface area contributed by atoms with E-state index in [1.807, 2.05) is 0 Å². The van der Waals surface area contributed by atoms with Crippen LogP contribution in [0.1, 0.15) is 30.1 Å². The van der Waals surface area contributed by atoms with E-state index in [0.29, 0.717) is 11.7 Å². The maximum absolute atomic E-state index is 11.0. The molecule has 5 nitrogen and oxygen atoms in total. The van der Waals surface area contributed by atoms with Gasteiger partial charge in [-0.2, -0.15) is 0 Å². The van der Waals surface area contributed by atoms with Gasteiger partial charge in [-0.1, -0.05) is 6.92 Å². The number of nitrogen functional groups attached to an aromatic ring is 1. The summed E-state index contributed by atoms with van der Waals surface area (Å²) >= 11 is 0. The molecule has 1 aliphatic rings. The zero-order valence-corrected chi connectivity index (χ0v) is 11.2. The molecule has 1 saturated heterocycles. The SMILES string of the molecule is CCN1CCCC(Nc2cc(C(=O)O)ccc2N)C1. The summed E-state index contributed by atoms with van der Waals surface area (Å²) in [6.07, 6.45) is 2.25. The van der Waals surface area contributed by atoms with Crippen molar-refractivity contribution >= 4 is 17.3 Å². The number of likely N-dealkylation sites (tertiary alicyclic amines) is 1. The lowest BCUT2D eigenvalue weighted by molar-refractivity contribution is 0.0697. The van der Waals surface area contributed by atoms with Crippen LogP contribution < -0.4 is 11.1 Å². The topological polar surface area (TPSA) is 78.6 Å². The number of benzene rings is 1. The number of likely N-dealkylation sites (N-methyl/N-ethyl adjacent to an activating group) is 1. The highest BCUT2D eigenvalue weighted by molar-refractivity contribution is 5.90. The quantitative estimate of drug-likeness (QED) is 0.723. The molecule has 1 heterocycles. The molecule has 1 fully saturated rings. The van der Waals surface area contributed by atoms with Crippen LogP contribution in [0.15, 0.2) is 18.2 Å². The van der Waals surface area contributed by atoms with Crippen molar-refractivity contribution in [3.63, 3.8) is 0 Å². The molecule has 0 bridgehead atoms. The molecule has 1 aliphatic heterocycles. The third kappa shape index (κ3) is 3.38. The second kappa shape index (κ2) is 5.93. The van der Waals surface area contributed by atoms with Crippen molar-refractivity contribution < 1.29 is 9.90 Å². The first-order valence-corrected chi connectivity index (χ1v) is 6.72. The number of anilines is 2. The summed E-state index contributed by atoms with van der Waals surface area (Å²) in [6, 6.07) is 5.12. The molecule has 1 unspecified atom stereocenters. The lowest BCUT2D eigenvalue weighted by atomic mass is 10.0. The molecule has 104 valence electrons. The number of nitrogens with one attached hydrogen (secondary N) is 1. The predicted molar refractivity (Wildman–Crippen MR) is 76.6 cm³/mol. The van der Waals surface area contributed by atoms with E-state index >= 15 is 0 Å². The Labute approximate surface area is 113 Å². The van der Waals surface area contributed by atoms with Crippen molar-refractivity contribution in [2.24, 2.45) is 0 Å². The van der Waals surface area contributed by atoms with Crippen molar-refractivity contribution in [2.45, 2.75) is 25.8 Å². The molecule has 0 aromatic heterocycles. The minimum atomic E-state index is -0.929. The van der Waals surface area contributed by atoms with Crippen molar-refractivity contribution in [1.82, 2.24) is 4.90 Å². The molecular weight excluding hydrogens is 242 g/mol. The van der Waals surface area contributed by atoms with Gasteiger partial charge in [-0.25, -0.2) is 4.79 Å². The highest BCUT2D eigenvalue weighted by Crippen LogP contribution is 2.23. The standard InChI is InChI=1S/C14H21N3O2/c1-2-17-7-3-4-11(9-17)16-13-8-10(14(18)19)5-6-12(13)15/h5-6,8,11,16H,2-4,7,9,15H2,1H3,(H,18,19). The van der Waals surface area contributed by atoms with Crippen molar-refractivity contribution in [3.8, 4) is 0 Å². The lowest BCUT2D eigenvalue weighted by Crippen LogP contribution is -2.41. The fraction of sp³-hybridized carbons (Fsp3) is 0.500. The van der Waals surface area contributed by atoms with Crippen molar-refractivity contribution in [2.75, 3.05) is 30.7 Å². The molecule has 5 heteroatoms. The number of nitrogens with two attached hydrogens (primary N) is 1. The van der Waals surface area contributed by atoms with E-state index in [-0.39, 0.29) is 5.56 Å². The third-order valence-electron chi connectivity index (χ3n) is 3.61. The predicted octanol–water partition coefficient (Wildman–Crippen LogP) is 1.86. The van der Waals surface area contributed by atoms with Crippen LogP contribution in [-0.4, -0.2) is 41.7 Å². The number of aromatic carboxylic acids is 1. The summed E-state index contributed by atoms with van der Waals surface area (Å²) in [5.74, 6) is -0.929. The van der Waals surface area contributed by atoms with Crippen LogP contribution in [-0.2, 0) is 0 Å². The van der Waals surface area contributed by atoms with E-state index in [1.165, 1.54) is 6.07 Å². The lowest BCUT2D eigenvalue weighted by Gasteiger charge is -2.33. The molecule has 0 amide bonds. The zero-order valence-electron chi connectivity index (χ0n) is 11.2. The Bertz CT molecular complexity index is 462. The first-order chi connectivity index (χ1) is 9.10. The molecule has 1 atom stereocenters. The van der Waals surface area contributed by atoms with Crippen molar-refractivity contribution in [1.29, 1.82) is 0 Å². The number of carboxylic acids is 1. The largest absolute Gasteiger partial charge is 0.478 e. The van der Waals surface area contributed by atoms with Crippen molar-refractivity contribution in [3.05, 3.63) is 23.8 Å². The first-order valence-electron chi connectivity index (χ1n) is 6.72. The third-order valence-corrected chi connectivity index (χ3v) is 3.61. The number of hydrogen-bond donors (Lipinski definition) is 3. The summed E-state index contributed by atoms with van der Waals surface area (Å²) < 4.78 is 0.